The maximum atomic E-state index is 6.17. The first-order chi connectivity index (χ1) is 7.49. The third-order valence-electron chi connectivity index (χ3n) is 2.63. The van der Waals surface area contributed by atoms with Crippen LogP contribution in [0.4, 0.5) is 5.82 Å². The summed E-state index contributed by atoms with van der Waals surface area (Å²) in [5, 5.41) is 0. The minimum Gasteiger partial charge on any atom is -0.384 e. The van der Waals surface area contributed by atoms with Crippen LogP contribution in [0, 0.1) is 0 Å². The Kier molecular flexibility index (Phi) is 4.71. The van der Waals surface area contributed by atoms with Gasteiger partial charge >= 0.3 is 0 Å². The summed E-state index contributed by atoms with van der Waals surface area (Å²) in [4.78, 5) is 4.69. The van der Waals surface area contributed by atoms with Crippen LogP contribution in [-0.4, -0.2) is 21.6 Å². The summed E-state index contributed by atoms with van der Waals surface area (Å²) in [6, 6.07) is 0.382. The van der Waals surface area contributed by atoms with Gasteiger partial charge in [-0.25, -0.2) is 4.98 Å². The van der Waals surface area contributed by atoms with Gasteiger partial charge in [0.2, 0.25) is 0 Å². The van der Waals surface area contributed by atoms with Gasteiger partial charge in [-0.2, -0.15) is 11.8 Å². The van der Waals surface area contributed by atoms with Crippen molar-refractivity contribution in [2.24, 2.45) is 0 Å². The molecule has 0 saturated heterocycles. The highest BCUT2D eigenvalue weighted by Gasteiger charge is 2.18. The van der Waals surface area contributed by atoms with Crippen molar-refractivity contribution in [2.75, 3.05) is 17.7 Å². The number of thioether (sulfide) groups is 1. The van der Waals surface area contributed by atoms with E-state index in [2.05, 4.69) is 38.5 Å². The Morgan fingerprint density at radius 3 is 2.31 bits per heavy atom. The van der Waals surface area contributed by atoms with Gasteiger partial charge in [0, 0.05) is 18.4 Å². The first-order valence-electron chi connectivity index (χ1n) is 5.84. The summed E-state index contributed by atoms with van der Waals surface area (Å²) in [6.45, 7) is 8.64. The van der Waals surface area contributed by atoms with E-state index in [4.69, 9.17) is 10.7 Å². The summed E-state index contributed by atoms with van der Waals surface area (Å²) in [5.74, 6) is 3.47. The molecule has 2 N–H and O–H groups in total. The number of aryl methyl sites for hydroxylation is 1. The van der Waals surface area contributed by atoms with Crippen LogP contribution in [0.2, 0.25) is 0 Å². The van der Waals surface area contributed by atoms with E-state index in [-0.39, 0.29) is 0 Å². The van der Waals surface area contributed by atoms with Crippen molar-refractivity contribution >= 4 is 17.6 Å². The molecule has 0 aromatic carbocycles. The van der Waals surface area contributed by atoms with E-state index in [0.717, 1.165) is 29.5 Å². The Bertz CT molecular complexity index is 342. The minimum absolute atomic E-state index is 0.382. The van der Waals surface area contributed by atoms with E-state index in [9.17, 15) is 0 Å². The predicted molar refractivity (Wildman–Crippen MR) is 73.2 cm³/mol. The molecule has 16 heavy (non-hydrogen) atoms. The zero-order valence-electron chi connectivity index (χ0n) is 10.9. The fourth-order valence-electron chi connectivity index (χ4n) is 1.84. The molecule has 0 radical (unpaired) electrons. The number of nitrogens with two attached hydrogens (primary N) is 1. The molecule has 1 aromatic heterocycles. The van der Waals surface area contributed by atoms with Gasteiger partial charge in [-0.15, -0.1) is 0 Å². The molecule has 0 atom stereocenters. The monoisotopic (exact) mass is 241 g/mol. The van der Waals surface area contributed by atoms with Crippen LogP contribution in [0.3, 0.4) is 0 Å². The van der Waals surface area contributed by atoms with Crippen LogP contribution in [-0.2, 0) is 6.42 Å². The van der Waals surface area contributed by atoms with Crippen molar-refractivity contribution in [1.82, 2.24) is 9.55 Å². The molecule has 0 bridgehead atoms. The summed E-state index contributed by atoms with van der Waals surface area (Å²) in [6.07, 6.45) is 3.07. The molecule has 0 unspecified atom stereocenters. The average Bonchev–Trinajstić information content (AvgIpc) is 2.53. The van der Waals surface area contributed by atoms with E-state index in [1.807, 2.05) is 11.8 Å². The summed E-state index contributed by atoms with van der Waals surface area (Å²) >= 11 is 1.83. The van der Waals surface area contributed by atoms with Gasteiger partial charge in [0.25, 0.3) is 0 Å². The molecule has 0 aliphatic carbocycles. The first kappa shape index (κ1) is 13.4. The SMILES string of the molecule is CSCCc1nc(C(C)C)n(C(C)C)c1N. The van der Waals surface area contributed by atoms with E-state index >= 15 is 0 Å². The van der Waals surface area contributed by atoms with Crippen molar-refractivity contribution < 1.29 is 0 Å². The molecule has 1 aromatic rings. The second-order valence-electron chi connectivity index (χ2n) is 4.66. The molecule has 1 heterocycles. The smallest absolute Gasteiger partial charge is 0.127 e. The normalized spacial score (nSPS) is 11.7. The molecule has 1 rings (SSSR count). The van der Waals surface area contributed by atoms with Gasteiger partial charge in [0.15, 0.2) is 0 Å². The predicted octanol–water partition coefficient (Wildman–Crippen LogP) is 3.08. The van der Waals surface area contributed by atoms with Crippen LogP contribution in [0.15, 0.2) is 0 Å². The van der Waals surface area contributed by atoms with Gasteiger partial charge in [-0.1, -0.05) is 13.8 Å². The highest BCUT2D eigenvalue weighted by molar-refractivity contribution is 7.98. The maximum absolute atomic E-state index is 6.17. The Labute approximate surface area is 103 Å². The lowest BCUT2D eigenvalue weighted by Crippen LogP contribution is -2.10. The number of imidazole rings is 1. The Balaban J connectivity index is 3.09. The maximum Gasteiger partial charge on any atom is 0.127 e. The fourth-order valence-corrected chi connectivity index (χ4v) is 2.24. The van der Waals surface area contributed by atoms with Gasteiger partial charge in [0.05, 0.1) is 5.69 Å². The topological polar surface area (TPSA) is 43.8 Å². The fraction of sp³-hybridized carbons (Fsp3) is 0.750. The number of aromatic nitrogens is 2. The zero-order chi connectivity index (χ0) is 12.3. The number of nitrogen functional groups attached to an aromatic ring is 1. The van der Waals surface area contributed by atoms with E-state index < -0.39 is 0 Å². The molecule has 4 heteroatoms. The lowest BCUT2D eigenvalue weighted by atomic mass is 10.2. The largest absolute Gasteiger partial charge is 0.384 e. The van der Waals surface area contributed by atoms with Gasteiger partial charge in [-0.05, 0) is 25.9 Å². The van der Waals surface area contributed by atoms with Crippen LogP contribution in [0.5, 0.6) is 0 Å². The van der Waals surface area contributed by atoms with Crippen LogP contribution in [0.25, 0.3) is 0 Å². The second kappa shape index (κ2) is 5.62. The standard InChI is InChI=1S/C12H23N3S/c1-8(2)12-14-10(6-7-16-5)11(13)15(12)9(3)4/h8-9H,6-7,13H2,1-5H3. The van der Waals surface area contributed by atoms with Crippen molar-refractivity contribution in [2.45, 2.75) is 46.1 Å². The summed E-state index contributed by atoms with van der Waals surface area (Å²) < 4.78 is 2.17. The molecule has 92 valence electrons. The quantitative estimate of drug-likeness (QED) is 0.861. The van der Waals surface area contributed by atoms with Gasteiger partial charge in [-0.3, -0.25) is 0 Å². The molecule has 0 aliphatic heterocycles. The van der Waals surface area contributed by atoms with E-state index in [1.54, 1.807) is 0 Å². The highest BCUT2D eigenvalue weighted by atomic mass is 32.2. The van der Waals surface area contributed by atoms with Crippen LogP contribution >= 0.6 is 11.8 Å². The summed E-state index contributed by atoms with van der Waals surface area (Å²) in [5.41, 5.74) is 7.24. The molecule has 0 amide bonds. The third kappa shape index (κ3) is 2.73. The Morgan fingerprint density at radius 1 is 1.31 bits per heavy atom. The lowest BCUT2D eigenvalue weighted by molar-refractivity contribution is 0.556. The lowest BCUT2D eigenvalue weighted by Gasteiger charge is -2.15. The van der Waals surface area contributed by atoms with Crippen molar-refractivity contribution in [1.29, 1.82) is 0 Å². The molecule has 3 nitrogen and oxygen atoms in total. The number of rotatable bonds is 5. The zero-order valence-corrected chi connectivity index (χ0v) is 11.8. The molecule has 0 fully saturated rings. The number of hydrogen-bond acceptors (Lipinski definition) is 3. The number of anilines is 1. The van der Waals surface area contributed by atoms with Gasteiger partial charge in [0.1, 0.15) is 11.6 Å². The van der Waals surface area contributed by atoms with Crippen LogP contribution < -0.4 is 5.73 Å². The average molecular weight is 241 g/mol. The minimum atomic E-state index is 0.382. The van der Waals surface area contributed by atoms with E-state index in [1.165, 1.54) is 0 Å². The molecular formula is C12H23N3S. The van der Waals surface area contributed by atoms with Crippen molar-refractivity contribution in [3.05, 3.63) is 11.5 Å². The molecular weight excluding hydrogens is 218 g/mol. The third-order valence-corrected chi connectivity index (χ3v) is 3.24. The summed E-state index contributed by atoms with van der Waals surface area (Å²) in [7, 11) is 0. The van der Waals surface area contributed by atoms with E-state index in [0.29, 0.717) is 12.0 Å². The molecule has 0 saturated carbocycles. The number of hydrogen-bond donors (Lipinski definition) is 1. The van der Waals surface area contributed by atoms with Crippen LogP contribution in [0.1, 0.15) is 51.2 Å². The van der Waals surface area contributed by atoms with Crippen molar-refractivity contribution in [3.63, 3.8) is 0 Å². The Hall–Kier alpha value is -0.640. The van der Waals surface area contributed by atoms with Gasteiger partial charge < -0.3 is 10.3 Å². The highest BCUT2D eigenvalue weighted by Crippen LogP contribution is 2.25. The number of nitrogens with zero attached hydrogens (tertiary/aromatic N) is 2. The molecule has 0 aliphatic rings. The second-order valence-corrected chi connectivity index (χ2v) is 5.65. The first-order valence-corrected chi connectivity index (χ1v) is 7.23. The molecule has 0 spiro atoms. The Morgan fingerprint density at radius 2 is 1.94 bits per heavy atom. The van der Waals surface area contributed by atoms with Crippen molar-refractivity contribution in [3.8, 4) is 0 Å².